The first-order chi connectivity index (χ1) is 10.2. The van der Waals surface area contributed by atoms with E-state index >= 15 is 0 Å². The van der Waals surface area contributed by atoms with Gasteiger partial charge in [0.2, 0.25) is 0 Å². The average molecular weight is 356 g/mol. The van der Waals surface area contributed by atoms with Gasteiger partial charge < -0.3 is 31.9 Å². The highest BCUT2D eigenvalue weighted by Gasteiger charge is 2.28. The molecule has 0 saturated carbocycles. The molecule has 0 unspecified atom stereocenters. The van der Waals surface area contributed by atoms with Gasteiger partial charge in [0, 0.05) is 38.8 Å². The van der Waals surface area contributed by atoms with Gasteiger partial charge in [0.15, 0.2) is 0 Å². The van der Waals surface area contributed by atoms with E-state index in [-0.39, 0.29) is 11.1 Å². The molecule has 0 amide bonds. The van der Waals surface area contributed by atoms with E-state index in [2.05, 4.69) is 0 Å². The minimum atomic E-state index is -0.833. The van der Waals surface area contributed by atoms with Crippen molar-refractivity contribution in [2.45, 2.75) is 66.5 Å². The normalized spacial score (nSPS) is 8.92. The standard InChI is InChI=1S/C6H16N2.4C2H4O2/c1-5(2,7)6(3,4)8;4*1-2(3)4/h7-8H2,1-4H3;4*1H3,(H,3,4). The SMILES string of the molecule is CC(=O)O.CC(=O)O.CC(=O)O.CC(=O)O.CC(C)(N)C(C)(C)N. The maximum Gasteiger partial charge on any atom is 0.300 e. The summed E-state index contributed by atoms with van der Waals surface area (Å²) in [6, 6.07) is 0. The van der Waals surface area contributed by atoms with Crippen molar-refractivity contribution in [3.05, 3.63) is 0 Å². The zero-order valence-corrected chi connectivity index (χ0v) is 15.6. The van der Waals surface area contributed by atoms with Gasteiger partial charge in [-0.05, 0) is 27.7 Å². The molecular weight excluding hydrogens is 324 g/mol. The predicted molar refractivity (Wildman–Crippen MR) is 89.8 cm³/mol. The quantitative estimate of drug-likeness (QED) is 0.390. The summed E-state index contributed by atoms with van der Waals surface area (Å²) in [5, 5.41) is 29.7. The van der Waals surface area contributed by atoms with Crippen molar-refractivity contribution in [3.8, 4) is 0 Å². The topological polar surface area (TPSA) is 201 Å². The minimum absolute atomic E-state index is 0.285. The maximum atomic E-state index is 9.00. The smallest absolute Gasteiger partial charge is 0.300 e. The molecule has 10 heteroatoms. The second-order valence-corrected chi connectivity index (χ2v) is 5.52. The first-order valence-electron chi connectivity index (χ1n) is 6.54. The van der Waals surface area contributed by atoms with Crippen molar-refractivity contribution in [2.24, 2.45) is 11.5 Å². The van der Waals surface area contributed by atoms with Crippen molar-refractivity contribution >= 4 is 23.9 Å². The number of rotatable bonds is 1. The van der Waals surface area contributed by atoms with E-state index in [1.165, 1.54) is 0 Å². The fourth-order valence-electron chi connectivity index (χ4n) is 0. The van der Waals surface area contributed by atoms with Crippen molar-refractivity contribution in [3.63, 3.8) is 0 Å². The summed E-state index contributed by atoms with van der Waals surface area (Å²) in [5.74, 6) is -3.33. The van der Waals surface area contributed by atoms with Crippen LogP contribution < -0.4 is 11.5 Å². The van der Waals surface area contributed by atoms with Crippen LogP contribution in [0, 0.1) is 0 Å². The first-order valence-corrected chi connectivity index (χ1v) is 6.54. The van der Waals surface area contributed by atoms with E-state index in [0.29, 0.717) is 0 Å². The Bertz CT molecular complexity index is 292. The van der Waals surface area contributed by atoms with E-state index in [0.717, 1.165) is 27.7 Å². The molecule has 24 heavy (non-hydrogen) atoms. The molecule has 8 N–H and O–H groups in total. The molecule has 0 fully saturated rings. The van der Waals surface area contributed by atoms with Crippen LogP contribution in [0.4, 0.5) is 0 Å². The third kappa shape index (κ3) is 151. The Morgan fingerprint density at radius 3 is 0.583 bits per heavy atom. The zero-order chi connectivity index (χ0) is 21.3. The summed E-state index contributed by atoms with van der Waals surface area (Å²) >= 11 is 0. The van der Waals surface area contributed by atoms with Crippen LogP contribution in [0.15, 0.2) is 0 Å². The van der Waals surface area contributed by atoms with E-state index in [1.54, 1.807) is 0 Å². The Hall–Kier alpha value is -2.20. The molecule has 0 atom stereocenters. The van der Waals surface area contributed by atoms with Crippen LogP contribution in [0.5, 0.6) is 0 Å². The molecule has 0 radical (unpaired) electrons. The van der Waals surface area contributed by atoms with Crippen LogP contribution in [0.2, 0.25) is 0 Å². The third-order valence-electron chi connectivity index (χ3n) is 1.66. The number of carboxylic acids is 4. The number of aliphatic carboxylic acids is 4. The van der Waals surface area contributed by atoms with E-state index < -0.39 is 23.9 Å². The highest BCUT2D eigenvalue weighted by Crippen LogP contribution is 2.13. The van der Waals surface area contributed by atoms with Crippen molar-refractivity contribution < 1.29 is 39.6 Å². The lowest BCUT2D eigenvalue weighted by Gasteiger charge is -2.34. The molecule has 0 spiro atoms. The van der Waals surface area contributed by atoms with Crippen LogP contribution in [0.25, 0.3) is 0 Å². The molecule has 0 aromatic heterocycles. The summed E-state index contributed by atoms with van der Waals surface area (Å²) in [6.07, 6.45) is 0. The second-order valence-electron chi connectivity index (χ2n) is 5.52. The van der Waals surface area contributed by atoms with Crippen LogP contribution >= 0.6 is 0 Å². The average Bonchev–Trinajstić information content (AvgIpc) is 2.08. The lowest BCUT2D eigenvalue weighted by molar-refractivity contribution is -0.135. The lowest BCUT2D eigenvalue weighted by atomic mass is 9.85. The first kappa shape index (κ1) is 33.4. The van der Waals surface area contributed by atoms with Crippen LogP contribution in [-0.2, 0) is 19.2 Å². The van der Waals surface area contributed by atoms with Gasteiger partial charge in [-0.25, -0.2) is 0 Å². The van der Waals surface area contributed by atoms with Crippen molar-refractivity contribution in [2.75, 3.05) is 0 Å². The van der Waals surface area contributed by atoms with Crippen LogP contribution in [0.3, 0.4) is 0 Å². The molecular formula is C14H32N2O8. The number of carboxylic acid groups (broad SMARTS) is 4. The molecule has 0 saturated heterocycles. The van der Waals surface area contributed by atoms with E-state index in [1.807, 2.05) is 27.7 Å². The highest BCUT2D eigenvalue weighted by molar-refractivity contribution is 5.63. The number of hydrogen-bond donors (Lipinski definition) is 6. The molecule has 0 aliphatic carbocycles. The summed E-state index contributed by atoms with van der Waals surface area (Å²) in [5.41, 5.74) is 10.8. The van der Waals surface area contributed by atoms with Gasteiger partial charge in [-0.2, -0.15) is 0 Å². The number of carbonyl (C=O) groups is 4. The van der Waals surface area contributed by atoms with E-state index in [9.17, 15) is 0 Å². The monoisotopic (exact) mass is 356 g/mol. The Morgan fingerprint density at radius 1 is 0.542 bits per heavy atom. The molecule has 0 aliphatic heterocycles. The molecule has 0 bridgehead atoms. The van der Waals surface area contributed by atoms with Crippen molar-refractivity contribution in [1.82, 2.24) is 0 Å². The Kier molecular flexibility index (Phi) is 23.9. The van der Waals surface area contributed by atoms with Crippen molar-refractivity contribution in [1.29, 1.82) is 0 Å². The van der Waals surface area contributed by atoms with Gasteiger partial charge in [-0.15, -0.1) is 0 Å². The lowest BCUT2D eigenvalue weighted by Crippen LogP contribution is -2.58. The Labute approximate surface area is 142 Å². The molecule has 0 aromatic carbocycles. The maximum absolute atomic E-state index is 9.00. The van der Waals surface area contributed by atoms with Gasteiger partial charge in [0.05, 0.1) is 0 Å². The van der Waals surface area contributed by atoms with Gasteiger partial charge in [0.25, 0.3) is 23.9 Å². The van der Waals surface area contributed by atoms with Gasteiger partial charge in [-0.3, -0.25) is 19.2 Å². The second kappa shape index (κ2) is 17.2. The summed E-state index contributed by atoms with van der Waals surface area (Å²) in [7, 11) is 0. The molecule has 0 aromatic rings. The van der Waals surface area contributed by atoms with Crippen LogP contribution in [0.1, 0.15) is 55.4 Å². The predicted octanol–water partition coefficient (Wildman–Crippen LogP) is 0.825. The summed E-state index contributed by atoms with van der Waals surface area (Å²) in [6.45, 7) is 12.0. The Morgan fingerprint density at radius 2 is 0.583 bits per heavy atom. The summed E-state index contributed by atoms with van der Waals surface area (Å²) in [4.78, 5) is 36.0. The molecule has 0 heterocycles. The van der Waals surface area contributed by atoms with Gasteiger partial charge >= 0.3 is 0 Å². The largest absolute Gasteiger partial charge is 0.481 e. The Balaban J connectivity index is -0.0000000657. The minimum Gasteiger partial charge on any atom is -0.481 e. The highest BCUT2D eigenvalue weighted by atomic mass is 16.4. The fourth-order valence-corrected chi connectivity index (χ4v) is 0. The zero-order valence-electron chi connectivity index (χ0n) is 15.6. The molecule has 0 rings (SSSR count). The molecule has 0 aliphatic rings. The van der Waals surface area contributed by atoms with Gasteiger partial charge in [0.1, 0.15) is 0 Å². The van der Waals surface area contributed by atoms with Gasteiger partial charge in [-0.1, -0.05) is 0 Å². The summed E-state index contributed by atoms with van der Waals surface area (Å²) < 4.78 is 0. The number of nitrogens with two attached hydrogens (primary N) is 2. The molecule has 10 nitrogen and oxygen atoms in total. The third-order valence-corrected chi connectivity index (χ3v) is 1.66. The fraction of sp³-hybridized carbons (Fsp3) is 0.714. The number of hydrogen-bond acceptors (Lipinski definition) is 6. The molecule has 146 valence electrons. The van der Waals surface area contributed by atoms with E-state index in [4.69, 9.17) is 51.1 Å². The van der Waals surface area contributed by atoms with Crippen LogP contribution in [-0.4, -0.2) is 55.4 Å².